The van der Waals surface area contributed by atoms with E-state index in [9.17, 15) is 9.59 Å². The fraction of sp³-hybridized carbons (Fsp3) is 0.333. The molecular weight excluding hydrogens is 366 g/mol. The molecule has 1 aromatic carbocycles. The lowest BCUT2D eigenvalue weighted by Gasteiger charge is -2.30. The maximum Gasteiger partial charge on any atom is 0.338 e. The molecule has 1 aliphatic rings. The van der Waals surface area contributed by atoms with Crippen molar-refractivity contribution >= 4 is 23.8 Å². The van der Waals surface area contributed by atoms with Crippen molar-refractivity contribution in [3.63, 3.8) is 0 Å². The first-order valence-electron chi connectivity index (χ1n) is 8.33. The highest BCUT2D eigenvalue weighted by atomic mass is 32.2. The van der Waals surface area contributed by atoms with E-state index in [2.05, 4.69) is 20.8 Å². The molecule has 9 heteroatoms. The van der Waals surface area contributed by atoms with Gasteiger partial charge >= 0.3 is 12.0 Å². The number of carbonyl (C=O) groups is 2. The largest absolute Gasteiger partial charge is 0.466 e. The van der Waals surface area contributed by atoms with Crippen molar-refractivity contribution in [2.24, 2.45) is 7.05 Å². The van der Waals surface area contributed by atoms with Crippen LogP contribution in [0.15, 0.2) is 41.0 Å². The van der Waals surface area contributed by atoms with Crippen molar-refractivity contribution < 1.29 is 14.3 Å². The average Bonchev–Trinajstić information content (AvgIpc) is 3.05. The second kappa shape index (κ2) is 7.83. The van der Waals surface area contributed by atoms with Gasteiger partial charge in [0.15, 0.2) is 5.16 Å². The zero-order chi connectivity index (χ0) is 19.6. The fourth-order valence-corrected chi connectivity index (χ4v) is 3.78. The van der Waals surface area contributed by atoms with Crippen molar-refractivity contribution in [3.8, 4) is 0 Å². The molecule has 1 aliphatic heterocycles. The Labute approximate surface area is 161 Å². The van der Waals surface area contributed by atoms with Crippen LogP contribution >= 0.6 is 11.8 Å². The third kappa shape index (κ3) is 3.97. The van der Waals surface area contributed by atoms with Crippen LogP contribution in [-0.4, -0.2) is 39.6 Å². The summed E-state index contributed by atoms with van der Waals surface area (Å²) in [6.07, 6.45) is 1.60. The van der Waals surface area contributed by atoms with Crippen LogP contribution in [-0.2, 0) is 16.6 Å². The molecule has 0 radical (unpaired) electrons. The fourth-order valence-electron chi connectivity index (χ4n) is 2.93. The Bertz CT molecular complexity index is 921. The Morgan fingerprint density at radius 3 is 2.81 bits per heavy atom. The van der Waals surface area contributed by atoms with Gasteiger partial charge in [-0.1, -0.05) is 35.5 Å². The molecule has 2 amide bonds. The van der Waals surface area contributed by atoms with Gasteiger partial charge in [-0.2, -0.15) is 0 Å². The Morgan fingerprint density at radius 1 is 1.37 bits per heavy atom. The molecular formula is C18H21N5O3S. The number of hydrogen-bond donors (Lipinski definition) is 2. The van der Waals surface area contributed by atoms with Crippen LogP contribution in [0.4, 0.5) is 4.79 Å². The summed E-state index contributed by atoms with van der Waals surface area (Å²) < 4.78 is 6.78. The lowest BCUT2D eigenvalue weighted by molar-refractivity contribution is -0.136. The summed E-state index contributed by atoms with van der Waals surface area (Å²) in [5.41, 5.74) is 3.79. The van der Waals surface area contributed by atoms with Gasteiger partial charge in [-0.3, -0.25) is 0 Å². The van der Waals surface area contributed by atoms with E-state index in [1.807, 2.05) is 39.1 Å². The standard InChI is InChI=1S/C18H21N5O3S/c1-10-5-6-11(2)12(7-10)15-14(16(24)26-4)13(20-17(25)21-15)8-27-18-22-19-9-23(18)3/h5-7,9,15H,8H2,1-4H3,(H2,20,21,25)/t15-/m0/s1. The molecule has 1 atom stereocenters. The van der Waals surface area contributed by atoms with Gasteiger partial charge in [-0.25, -0.2) is 9.59 Å². The molecule has 2 aromatic rings. The van der Waals surface area contributed by atoms with Crippen molar-refractivity contribution in [1.82, 2.24) is 25.4 Å². The lowest BCUT2D eigenvalue weighted by Crippen LogP contribution is -2.46. The first-order chi connectivity index (χ1) is 12.9. The van der Waals surface area contributed by atoms with Crippen LogP contribution in [0.1, 0.15) is 22.7 Å². The highest BCUT2D eigenvalue weighted by Gasteiger charge is 2.34. The number of amides is 2. The summed E-state index contributed by atoms with van der Waals surface area (Å²) in [4.78, 5) is 24.9. The highest BCUT2D eigenvalue weighted by Crippen LogP contribution is 2.32. The Balaban J connectivity index is 2.03. The van der Waals surface area contributed by atoms with Gasteiger partial charge < -0.3 is 19.9 Å². The molecule has 0 bridgehead atoms. The number of hydrogen-bond acceptors (Lipinski definition) is 6. The van der Waals surface area contributed by atoms with Crippen LogP contribution in [0.3, 0.4) is 0 Å². The van der Waals surface area contributed by atoms with Crippen molar-refractivity contribution in [3.05, 3.63) is 52.5 Å². The maximum atomic E-state index is 12.6. The number of thioether (sulfide) groups is 1. The molecule has 0 saturated carbocycles. The molecule has 142 valence electrons. The number of aromatic nitrogens is 3. The van der Waals surface area contributed by atoms with E-state index in [0.29, 0.717) is 22.2 Å². The van der Waals surface area contributed by atoms with Gasteiger partial charge in [0, 0.05) is 18.5 Å². The Hall–Kier alpha value is -2.81. The molecule has 0 fully saturated rings. The molecule has 2 heterocycles. The first kappa shape index (κ1) is 19.0. The molecule has 0 spiro atoms. The molecule has 2 N–H and O–H groups in total. The summed E-state index contributed by atoms with van der Waals surface area (Å²) in [6.45, 7) is 3.92. The topological polar surface area (TPSA) is 98.1 Å². The number of nitrogens with zero attached hydrogens (tertiary/aromatic N) is 3. The summed E-state index contributed by atoms with van der Waals surface area (Å²) >= 11 is 1.38. The van der Waals surface area contributed by atoms with E-state index in [0.717, 1.165) is 16.7 Å². The minimum Gasteiger partial charge on any atom is -0.466 e. The number of urea groups is 1. The van der Waals surface area contributed by atoms with E-state index in [-0.39, 0.29) is 6.03 Å². The number of benzene rings is 1. The van der Waals surface area contributed by atoms with E-state index in [1.165, 1.54) is 18.9 Å². The van der Waals surface area contributed by atoms with Crippen LogP contribution in [0.2, 0.25) is 0 Å². The zero-order valence-electron chi connectivity index (χ0n) is 15.6. The SMILES string of the molecule is COC(=O)C1=C(CSc2nncn2C)NC(=O)N[C@H]1c1cc(C)ccc1C. The van der Waals surface area contributed by atoms with E-state index >= 15 is 0 Å². The molecule has 0 saturated heterocycles. The van der Waals surface area contributed by atoms with Crippen molar-refractivity contribution in [2.75, 3.05) is 12.9 Å². The summed E-state index contributed by atoms with van der Waals surface area (Å²) in [7, 11) is 3.16. The smallest absolute Gasteiger partial charge is 0.338 e. The van der Waals surface area contributed by atoms with E-state index in [4.69, 9.17) is 4.74 Å². The van der Waals surface area contributed by atoms with Gasteiger partial charge in [0.25, 0.3) is 0 Å². The number of rotatable bonds is 5. The van der Waals surface area contributed by atoms with E-state index in [1.54, 1.807) is 10.9 Å². The van der Waals surface area contributed by atoms with Gasteiger partial charge in [-0.15, -0.1) is 10.2 Å². The Morgan fingerprint density at radius 2 is 2.15 bits per heavy atom. The maximum absolute atomic E-state index is 12.6. The average molecular weight is 387 g/mol. The minimum atomic E-state index is -0.582. The van der Waals surface area contributed by atoms with E-state index < -0.39 is 12.0 Å². The molecule has 0 aliphatic carbocycles. The van der Waals surface area contributed by atoms with Crippen LogP contribution in [0.25, 0.3) is 0 Å². The van der Waals surface area contributed by atoms with Gasteiger partial charge in [0.2, 0.25) is 0 Å². The van der Waals surface area contributed by atoms with Gasteiger partial charge in [0.05, 0.1) is 18.7 Å². The van der Waals surface area contributed by atoms with Crippen LogP contribution in [0, 0.1) is 13.8 Å². The molecule has 0 unspecified atom stereocenters. The van der Waals surface area contributed by atoms with Crippen molar-refractivity contribution in [2.45, 2.75) is 25.0 Å². The second-order valence-corrected chi connectivity index (χ2v) is 7.23. The third-order valence-corrected chi connectivity index (χ3v) is 5.38. The summed E-state index contributed by atoms with van der Waals surface area (Å²) in [6, 6.07) is 5.00. The second-order valence-electron chi connectivity index (χ2n) is 6.29. The third-order valence-electron chi connectivity index (χ3n) is 4.32. The lowest BCUT2D eigenvalue weighted by atomic mass is 9.91. The molecule has 3 rings (SSSR count). The minimum absolute atomic E-state index is 0.353. The van der Waals surface area contributed by atoms with Gasteiger partial charge in [-0.05, 0) is 25.0 Å². The van der Waals surface area contributed by atoms with Crippen LogP contribution in [0.5, 0.6) is 0 Å². The number of esters is 1. The number of carbonyl (C=O) groups excluding carboxylic acids is 2. The molecule has 8 nitrogen and oxygen atoms in total. The predicted octanol–water partition coefficient (Wildman–Crippen LogP) is 2.01. The highest BCUT2D eigenvalue weighted by molar-refractivity contribution is 7.99. The molecule has 1 aromatic heterocycles. The summed E-state index contributed by atoms with van der Waals surface area (Å²) in [5, 5.41) is 14.1. The zero-order valence-corrected chi connectivity index (χ0v) is 16.4. The quantitative estimate of drug-likeness (QED) is 0.602. The van der Waals surface area contributed by atoms with Crippen molar-refractivity contribution in [1.29, 1.82) is 0 Å². The number of methoxy groups -OCH3 is 1. The first-order valence-corrected chi connectivity index (χ1v) is 9.32. The van der Waals surface area contributed by atoms with Gasteiger partial charge in [0.1, 0.15) is 6.33 Å². The summed E-state index contributed by atoms with van der Waals surface area (Å²) in [5.74, 6) is -0.131. The monoisotopic (exact) mass is 387 g/mol. The number of nitrogens with one attached hydrogen (secondary N) is 2. The normalized spacial score (nSPS) is 16.7. The Kier molecular flexibility index (Phi) is 5.50. The number of ether oxygens (including phenoxy) is 1. The van der Waals surface area contributed by atoms with Crippen LogP contribution < -0.4 is 10.6 Å². The predicted molar refractivity (Wildman–Crippen MR) is 101 cm³/mol. The number of aryl methyl sites for hydroxylation is 3. The molecule has 27 heavy (non-hydrogen) atoms.